The third-order valence-electron chi connectivity index (χ3n) is 5.51. The summed E-state index contributed by atoms with van der Waals surface area (Å²) in [5.74, 6) is 0.676. The number of hydrogen-bond donors (Lipinski definition) is 1. The Labute approximate surface area is 191 Å². The molecule has 0 fully saturated rings. The Kier molecular flexibility index (Phi) is 5.48. The van der Waals surface area contributed by atoms with Crippen molar-refractivity contribution < 1.29 is 9.53 Å². The smallest absolute Gasteiger partial charge is 0.246 e. The van der Waals surface area contributed by atoms with Gasteiger partial charge in [-0.2, -0.15) is 5.10 Å². The van der Waals surface area contributed by atoms with E-state index in [4.69, 9.17) is 9.84 Å². The zero-order valence-corrected chi connectivity index (χ0v) is 18.6. The van der Waals surface area contributed by atoms with Crippen LogP contribution in [0.1, 0.15) is 12.5 Å². The molecule has 0 radical (unpaired) electrons. The van der Waals surface area contributed by atoms with Crippen molar-refractivity contribution in [3.05, 3.63) is 84.6 Å². The fraction of sp³-hybridized carbons (Fsp3) is 0.148. The number of rotatable bonds is 6. The van der Waals surface area contributed by atoms with E-state index in [2.05, 4.69) is 10.3 Å². The highest BCUT2D eigenvalue weighted by Crippen LogP contribution is 2.32. The van der Waals surface area contributed by atoms with E-state index in [1.54, 1.807) is 4.68 Å². The van der Waals surface area contributed by atoms with Crippen molar-refractivity contribution in [3.8, 4) is 17.0 Å². The first-order chi connectivity index (χ1) is 16.1. The van der Waals surface area contributed by atoms with Crippen LogP contribution in [-0.2, 0) is 11.3 Å². The first-order valence-electron chi connectivity index (χ1n) is 11.0. The molecule has 0 bridgehead atoms. The third kappa shape index (κ3) is 4.15. The van der Waals surface area contributed by atoms with E-state index in [1.165, 1.54) is 0 Å². The summed E-state index contributed by atoms with van der Waals surface area (Å²) in [6.07, 6.45) is 1.84. The topological polar surface area (TPSA) is 69.0 Å². The number of fused-ring (bicyclic) bond motifs is 3. The van der Waals surface area contributed by atoms with Crippen molar-refractivity contribution in [2.45, 2.75) is 20.4 Å². The molecule has 0 saturated carbocycles. The summed E-state index contributed by atoms with van der Waals surface area (Å²) in [4.78, 5) is 17.6. The molecule has 0 atom stereocenters. The number of pyridine rings is 1. The Balaban J connectivity index is 1.58. The fourth-order valence-corrected chi connectivity index (χ4v) is 4.07. The number of carbonyl (C=O) groups excluding carboxylic acids is 1. The molecule has 0 aliphatic rings. The number of amides is 1. The average molecular weight is 437 g/mol. The quantitative estimate of drug-likeness (QED) is 0.376. The largest absolute Gasteiger partial charge is 0.494 e. The lowest BCUT2D eigenvalue weighted by Crippen LogP contribution is -2.19. The summed E-state index contributed by atoms with van der Waals surface area (Å²) < 4.78 is 7.35. The minimum Gasteiger partial charge on any atom is -0.494 e. The van der Waals surface area contributed by atoms with Gasteiger partial charge in [0.15, 0.2) is 0 Å². The van der Waals surface area contributed by atoms with E-state index in [0.717, 1.165) is 50.1 Å². The van der Waals surface area contributed by atoms with E-state index in [-0.39, 0.29) is 12.5 Å². The maximum absolute atomic E-state index is 12.9. The summed E-state index contributed by atoms with van der Waals surface area (Å²) >= 11 is 0. The second-order valence-corrected chi connectivity index (χ2v) is 7.92. The number of nitrogens with one attached hydrogen (secondary N) is 1. The van der Waals surface area contributed by atoms with Gasteiger partial charge in [-0.15, -0.1) is 0 Å². The van der Waals surface area contributed by atoms with Crippen molar-refractivity contribution >= 4 is 33.4 Å². The van der Waals surface area contributed by atoms with Gasteiger partial charge >= 0.3 is 0 Å². The maximum atomic E-state index is 12.9. The number of hydrogen-bond acceptors (Lipinski definition) is 4. The minimum absolute atomic E-state index is 0.0927. The molecular formula is C27H24N4O2. The Morgan fingerprint density at radius 2 is 1.82 bits per heavy atom. The van der Waals surface area contributed by atoms with Gasteiger partial charge < -0.3 is 10.1 Å². The van der Waals surface area contributed by atoms with E-state index < -0.39 is 0 Å². The number of aryl methyl sites for hydroxylation is 1. The molecule has 5 rings (SSSR count). The second-order valence-electron chi connectivity index (χ2n) is 7.92. The van der Waals surface area contributed by atoms with E-state index in [9.17, 15) is 4.79 Å². The van der Waals surface area contributed by atoms with Crippen LogP contribution in [0.5, 0.6) is 5.75 Å². The molecule has 3 aromatic carbocycles. The van der Waals surface area contributed by atoms with Crippen molar-refractivity contribution in [3.63, 3.8) is 0 Å². The Morgan fingerprint density at radius 1 is 1.00 bits per heavy atom. The van der Waals surface area contributed by atoms with Gasteiger partial charge in [0, 0.05) is 28.2 Å². The lowest BCUT2D eigenvalue weighted by molar-refractivity contribution is -0.116. The molecule has 0 spiro atoms. The summed E-state index contributed by atoms with van der Waals surface area (Å²) in [7, 11) is 0. The molecule has 33 heavy (non-hydrogen) atoms. The predicted octanol–water partition coefficient (Wildman–Crippen LogP) is 5.60. The molecule has 1 amide bonds. The van der Waals surface area contributed by atoms with Crippen LogP contribution in [0.3, 0.4) is 0 Å². The lowest BCUT2D eigenvalue weighted by atomic mass is 10.1. The van der Waals surface area contributed by atoms with Crippen molar-refractivity contribution in [1.29, 1.82) is 0 Å². The first kappa shape index (κ1) is 20.7. The number of benzene rings is 3. The van der Waals surface area contributed by atoms with E-state index in [0.29, 0.717) is 6.61 Å². The highest BCUT2D eigenvalue weighted by Gasteiger charge is 2.18. The SMILES string of the molecule is CCOc1ccc(-c2nn(CC(=O)Nc3cccc(C)c3)c3c2cnc2ccccc23)cc1. The summed E-state index contributed by atoms with van der Waals surface area (Å²) in [5.41, 5.74) is 5.35. The molecular weight excluding hydrogens is 412 g/mol. The monoisotopic (exact) mass is 436 g/mol. The average Bonchev–Trinajstić information content (AvgIpc) is 3.18. The minimum atomic E-state index is -0.135. The molecule has 5 aromatic rings. The number of nitrogens with zero attached hydrogens (tertiary/aromatic N) is 3. The fourth-order valence-electron chi connectivity index (χ4n) is 4.07. The van der Waals surface area contributed by atoms with Gasteiger partial charge in [0.2, 0.25) is 5.91 Å². The van der Waals surface area contributed by atoms with Crippen LogP contribution in [-0.4, -0.2) is 27.3 Å². The molecule has 2 aromatic heterocycles. The third-order valence-corrected chi connectivity index (χ3v) is 5.51. The first-order valence-corrected chi connectivity index (χ1v) is 11.0. The van der Waals surface area contributed by atoms with Crippen LogP contribution in [0, 0.1) is 6.92 Å². The van der Waals surface area contributed by atoms with Crippen LogP contribution in [0.2, 0.25) is 0 Å². The van der Waals surface area contributed by atoms with Gasteiger partial charge in [0.25, 0.3) is 0 Å². The zero-order chi connectivity index (χ0) is 22.8. The van der Waals surface area contributed by atoms with Gasteiger partial charge in [-0.25, -0.2) is 0 Å². The Hall–Kier alpha value is -4.19. The van der Waals surface area contributed by atoms with Crippen molar-refractivity contribution in [2.75, 3.05) is 11.9 Å². The van der Waals surface area contributed by atoms with Gasteiger partial charge in [-0.3, -0.25) is 14.5 Å². The molecule has 2 heterocycles. The molecule has 1 N–H and O–H groups in total. The summed E-state index contributed by atoms with van der Waals surface area (Å²) in [6, 6.07) is 23.5. The van der Waals surface area contributed by atoms with Gasteiger partial charge in [0.1, 0.15) is 18.0 Å². The molecule has 6 nitrogen and oxygen atoms in total. The van der Waals surface area contributed by atoms with Gasteiger partial charge in [-0.05, 0) is 61.9 Å². The lowest BCUT2D eigenvalue weighted by Gasteiger charge is -2.08. The normalized spacial score (nSPS) is 11.1. The highest BCUT2D eigenvalue weighted by molar-refractivity contribution is 6.08. The Morgan fingerprint density at radius 3 is 2.61 bits per heavy atom. The van der Waals surface area contributed by atoms with Crippen molar-refractivity contribution in [1.82, 2.24) is 14.8 Å². The standard InChI is InChI=1S/C27H24N4O2/c1-3-33-21-13-11-19(12-14-21)26-23-16-28-24-10-5-4-9-22(24)27(23)31(30-26)17-25(32)29-20-8-6-7-18(2)15-20/h4-16H,3,17H2,1-2H3,(H,29,32). The number of anilines is 1. The number of aromatic nitrogens is 3. The molecule has 0 aliphatic heterocycles. The van der Waals surface area contributed by atoms with E-state index >= 15 is 0 Å². The maximum Gasteiger partial charge on any atom is 0.246 e. The summed E-state index contributed by atoms with van der Waals surface area (Å²) in [6.45, 7) is 4.67. The highest BCUT2D eigenvalue weighted by atomic mass is 16.5. The Bertz CT molecular complexity index is 1450. The van der Waals surface area contributed by atoms with Crippen LogP contribution in [0.4, 0.5) is 5.69 Å². The predicted molar refractivity (Wildman–Crippen MR) is 131 cm³/mol. The summed E-state index contributed by atoms with van der Waals surface area (Å²) in [5, 5.41) is 9.71. The second kappa shape index (κ2) is 8.74. The van der Waals surface area contributed by atoms with Crippen LogP contribution in [0.15, 0.2) is 79.0 Å². The van der Waals surface area contributed by atoms with Gasteiger partial charge in [-0.1, -0.05) is 30.3 Å². The molecule has 0 aliphatic carbocycles. The molecule has 164 valence electrons. The van der Waals surface area contributed by atoms with Crippen LogP contribution >= 0.6 is 0 Å². The van der Waals surface area contributed by atoms with E-state index in [1.807, 2.05) is 92.8 Å². The molecule has 0 unspecified atom stereocenters. The van der Waals surface area contributed by atoms with Crippen LogP contribution < -0.4 is 10.1 Å². The number of para-hydroxylation sites is 1. The van der Waals surface area contributed by atoms with Crippen molar-refractivity contribution in [2.24, 2.45) is 0 Å². The van der Waals surface area contributed by atoms with Crippen LogP contribution in [0.25, 0.3) is 33.1 Å². The zero-order valence-electron chi connectivity index (χ0n) is 18.6. The molecule has 0 saturated heterocycles. The number of ether oxygens (including phenoxy) is 1. The molecule has 6 heteroatoms. The number of carbonyl (C=O) groups is 1. The van der Waals surface area contributed by atoms with Gasteiger partial charge in [0.05, 0.1) is 17.6 Å².